The highest BCUT2D eigenvalue weighted by Gasteiger charge is 2.34. The zero-order chi connectivity index (χ0) is 12.4. The second-order valence-electron chi connectivity index (χ2n) is 4.67. The first-order chi connectivity index (χ1) is 8.06. The van der Waals surface area contributed by atoms with Crippen molar-refractivity contribution in [2.24, 2.45) is 5.92 Å². The predicted molar refractivity (Wildman–Crippen MR) is 58.1 cm³/mol. The Morgan fingerprint density at radius 1 is 1.41 bits per heavy atom. The topological polar surface area (TPSA) is 86.7 Å². The molecule has 1 saturated carbocycles. The molecule has 0 spiro atoms. The molecule has 2 N–H and O–H groups in total. The average Bonchev–Trinajstić information content (AvgIpc) is 2.98. The first-order valence-electron chi connectivity index (χ1n) is 5.86. The SMILES string of the molecule is O=C(CCN1CC(C(=O)O)CC1=O)NC1CC1. The number of nitrogens with one attached hydrogen (secondary N) is 1. The fourth-order valence-electron chi connectivity index (χ4n) is 1.92. The predicted octanol–water partition coefficient (Wildman–Crippen LogP) is -0.412. The highest BCUT2D eigenvalue weighted by atomic mass is 16.4. The highest BCUT2D eigenvalue weighted by Crippen LogP contribution is 2.20. The number of carboxylic acid groups (broad SMARTS) is 1. The number of nitrogens with zero attached hydrogens (tertiary/aromatic N) is 1. The molecule has 6 nitrogen and oxygen atoms in total. The molecule has 0 radical (unpaired) electrons. The van der Waals surface area contributed by atoms with Crippen LogP contribution in [0.1, 0.15) is 25.7 Å². The van der Waals surface area contributed by atoms with Crippen LogP contribution in [0.25, 0.3) is 0 Å². The lowest BCUT2D eigenvalue weighted by molar-refractivity contribution is -0.141. The quantitative estimate of drug-likeness (QED) is 0.684. The maximum absolute atomic E-state index is 11.5. The van der Waals surface area contributed by atoms with Crippen LogP contribution in [0.15, 0.2) is 0 Å². The van der Waals surface area contributed by atoms with Crippen LogP contribution >= 0.6 is 0 Å². The minimum absolute atomic E-state index is 0.0551. The molecule has 0 bridgehead atoms. The van der Waals surface area contributed by atoms with E-state index in [0.29, 0.717) is 12.6 Å². The number of hydrogen-bond donors (Lipinski definition) is 2. The summed E-state index contributed by atoms with van der Waals surface area (Å²) in [6.45, 7) is 0.548. The van der Waals surface area contributed by atoms with Gasteiger partial charge in [-0.15, -0.1) is 0 Å². The summed E-state index contributed by atoms with van der Waals surface area (Å²) in [6, 6.07) is 0.323. The van der Waals surface area contributed by atoms with Crippen LogP contribution in [0.3, 0.4) is 0 Å². The molecule has 0 aromatic carbocycles. The fraction of sp³-hybridized carbons (Fsp3) is 0.727. The number of hydrogen-bond acceptors (Lipinski definition) is 3. The third-order valence-electron chi connectivity index (χ3n) is 3.11. The molecule has 0 aromatic heterocycles. The van der Waals surface area contributed by atoms with Gasteiger partial charge in [-0.25, -0.2) is 0 Å². The van der Waals surface area contributed by atoms with Crippen LogP contribution in [-0.4, -0.2) is 46.9 Å². The van der Waals surface area contributed by atoms with Crippen molar-refractivity contribution in [1.29, 1.82) is 0 Å². The molecule has 2 rings (SSSR count). The van der Waals surface area contributed by atoms with Gasteiger partial charge >= 0.3 is 5.97 Å². The lowest BCUT2D eigenvalue weighted by Gasteiger charge is -2.15. The lowest BCUT2D eigenvalue weighted by atomic mass is 10.1. The van der Waals surface area contributed by atoms with Crippen LogP contribution in [0.4, 0.5) is 0 Å². The van der Waals surface area contributed by atoms with Crippen LogP contribution in [0.5, 0.6) is 0 Å². The minimum Gasteiger partial charge on any atom is -0.481 e. The van der Waals surface area contributed by atoms with Gasteiger partial charge in [0.25, 0.3) is 0 Å². The number of carboxylic acids is 1. The first-order valence-corrected chi connectivity index (χ1v) is 5.86. The molecule has 2 amide bonds. The number of aliphatic carboxylic acids is 1. The maximum Gasteiger partial charge on any atom is 0.308 e. The molecule has 1 unspecified atom stereocenters. The smallest absolute Gasteiger partial charge is 0.308 e. The Morgan fingerprint density at radius 3 is 2.65 bits per heavy atom. The Hall–Kier alpha value is -1.59. The molecule has 2 aliphatic rings. The molecule has 1 heterocycles. The number of likely N-dealkylation sites (tertiary alicyclic amines) is 1. The average molecular weight is 240 g/mol. The molecule has 1 saturated heterocycles. The van der Waals surface area contributed by atoms with E-state index in [2.05, 4.69) is 5.32 Å². The van der Waals surface area contributed by atoms with E-state index in [1.165, 1.54) is 4.90 Å². The summed E-state index contributed by atoms with van der Waals surface area (Å²) in [5.74, 6) is -1.78. The van der Waals surface area contributed by atoms with Crippen molar-refractivity contribution in [2.75, 3.05) is 13.1 Å². The monoisotopic (exact) mass is 240 g/mol. The van der Waals surface area contributed by atoms with E-state index in [1.54, 1.807) is 0 Å². The van der Waals surface area contributed by atoms with Gasteiger partial charge in [0.05, 0.1) is 5.92 Å². The van der Waals surface area contributed by atoms with Crippen LogP contribution in [0.2, 0.25) is 0 Å². The largest absolute Gasteiger partial charge is 0.481 e. The summed E-state index contributed by atoms with van der Waals surface area (Å²) in [4.78, 5) is 35.1. The summed E-state index contributed by atoms with van der Waals surface area (Å²) < 4.78 is 0. The van der Waals surface area contributed by atoms with E-state index in [1.807, 2.05) is 0 Å². The fourth-order valence-corrected chi connectivity index (χ4v) is 1.92. The third kappa shape index (κ3) is 3.18. The zero-order valence-corrected chi connectivity index (χ0v) is 9.52. The van der Waals surface area contributed by atoms with Gasteiger partial charge in [-0.1, -0.05) is 0 Å². The van der Waals surface area contributed by atoms with E-state index in [0.717, 1.165) is 12.8 Å². The molecule has 1 aliphatic carbocycles. The molecule has 2 fully saturated rings. The van der Waals surface area contributed by atoms with Crippen molar-refractivity contribution in [1.82, 2.24) is 10.2 Å². The lowest BCUT2D eigenvalue weighted by Crippen LogP contribution is -2.33. The molecular formula is C11H16N2O4. The van der Waals surface area contributed by atoms with Crippen molar-refractivity contribution >= 4 is 17.8 Å². The third-order valence-corrected chi connectivity index (χ3v) is 3.11. The summed E-state index contributed by atoms with van der Waals surface area (Å²) in [6.07, 6.45) is 2.39. The van der Waals surface area contributed by atoms with Crippen molar-refractivity contribution in [3.05, 3.63) is 0 Å². The van der Waals surface area contributed by atoms with E-state index >= 15 is 0 Å². The van der Waals surface area contributed by atoms with Gasteiger partial charge < -0.3 is 15.3 Å². The van der Waals surface area contributed by atoms with Crippen LogP contribution in [0, 0.1) is 5.92 Å². The van der Waals surface area contributed by atoms with Crippen molar-refractivity contribution < 1.29 is 19.5 Å². The maximum atomic E-state index is 11.5. The van der Waals surface area contributed by atoms with Crippen molar-refractivity contribution in [2.45, 2.75) is 31.7 Å². The molecule has 0 aromatic rings. The Labute approximate surface area is 99.0 Å². The van der Waals surface area contributed by atoms with Gasteiger partial charge in [0, 0.05) is 32.0 Å². The molecule has 6 heteroatoms. The molecule has 17 heavy (non-hydrogen) atoms. The van der Waals surface area contributed by atoms with Crippen molar-refractivity contribution in [3.63, 3.8) is 0 Å². The zero-order valence-electron chi connectivity index (χ0n) is 9.52. The second kappa shape index (κ2) is 4.73. The Morgan fingerprint density at radius 2 is 2.12 bits per heavy atom. The van der Waals surface area contributed by atoms with Gasteiger partial charge in [0.2, 0.25) is 11.8 Å². The second-order valence-corrected chi connectivity index (χ2v) is 4.67. The molecule has 94 valence electrons. The van der Waals surface area contributed by atoms with Gasteiger partial charge in [0.1, 0.15) is 0 Å². The Kier molecular flexibility index (Phi) is 3.31. The first kappa shape index (κ1) is 11.9. The minimum atomic E-state index is -0.941. The van der Waals surface area contributed by atoms with Crippen LogP contribution < -0.4 is 5.32 Å². The standard InChI is InChI=1S/C11H16N2O4/c14-9(12-8-1-2-8)3-4-13-6-7(11(16)17)5-10(13)15/h7-8H,1-6H2,(H,12,14)(H,16,17). The number of rotatable bonds is 5. The molecule has 1 atom stereocenters. The van der Waals surface area contributed by atoms with Crippen molar-refractivity contribution in [3.8, 4) is 0 Å². The van der Waals surface area contributed by atoms with Crippen LogP contribution in [-0.2, 0) is 14.4 Å². The van der Waals surface area contributed by atoms with E-state index in [9.17, 15) is 14.4 Å². The summed E-state index contributed by atoms with van der Waals surface area (Å²) in [5, 5.41) is 11.6. The Balaban J connectivity index is 1.73. The van der Waals surface area contributed by atoms with Gasteiger partial charge in [0.15, 0.2) is 0 Å². The molecule has 1 aliphatic heterocycles. The van der Waals surface area contributed by atoms with E-state index in [-0.39, 0.29) is 31.2 Å². The summed E-state index contributed by atoms with van der Waals surface area (Å²) in [5.41, 5.74) is 0. The highest BCUT2D eigenvalue weighted by molar-refractivity contribution is 5.86. The summed E-state index contributed by atoms with van der Waals surface area (Å²) in [7, 11) is 0. The molecular weight excluding hydrogens is 224 g/mol. The van der Waals surface area contributed by atoms with E-state index in [4.69, 9.17) is 5.11 Å². The number of amides is 2. The van der Waals surface area contributed by atoms with Gasteiger partial charge in [-0.05, 0) is 12.8 Å². The van der Waals surface area contributed by atoms with E-state index < -0.39 is 11.9 Å². The van der Waals surface area contributed by atoms with Gasteiger partial charge in [-0.3, -0.25) is 14.4 Å². The van der Waals surface area contributed by atoms with Gasteiger partial charge in [-0.2, -0.15) is 0 Å². The summed E-state index contributed by atoms with van der Waals surface area (Å²) >= 11 is 0. The number of carbonyl (C=O) groups is 3. The Bertz CT molecular complexity index is 351. The normalized spacial score (nSPS) is 23.9. The number of carbonyl (C=O) groups excluding carboxylic acids is 2.